The van der Waals surface area contributed by atoms with Crippen LogP contribution in [0.25, 0.3) is 0 Å². The highest BCUT2D eigenvalue weighted by atomic mass is 32.2. The van der Waals surface area contributed by atoms with Crippen molar-refractivity contribution in [1.82, 2.24) is 19.6 Å². The van der Waals surface area contributed by atoms with Crippen LogP contribution in [0.3, 0.4) is 0 Å². The number of amides is 3. The molecular weight excluding hydrogens is 549 g/mol. The lowest BCUT2D eigenvalue weighted by Crippen LogP contribution is -2.50. The molecule has 3 atom stereocenters. The smallest absolute Gasteiger partial charge is 0.322 e. The van der Waals surface area contributed by atoms with Gasteiger partial charge in [0.15, 0.2) is 23.5 Å². The zero-order chi connectivity index (χ0) is 28.4. The second kappa shape index (κ2) is 9.33. The molecule has 3 aliphatic rings. The standard InChI is InChI=1S/C22H21F3N6O7S/c1-10-8-30-16(9-29(10)22(36)27-11-5-12(23)17(25)13(24)6-11)15(7-26-30)31-19(32)18(21(35)39(31,37)38)28-4-2-3-14(28)20(33)34/h5-7,10,14,18H,2-4,8-9H2,1H3,(H,27,36)(H,33,34)/t10-,14-,18?/m0/s1. The van der Waals surface area contributed by atoms with E-state index in [0.717, 1.165) is 11.1 Å². The van der Waals surface area contributed by atoms with Crippen molar-refractivity contribution in [1.29, 1.82) is 0 Å². The summed E-state index contributed by atoms with van der Waals surface area (Å²) in [6, 6.07) is -3.31. The minimum absolute atomic E-state index is 0.0293. The van der Waals surface area contributed by atoms with E-state index in [-0.39, 0.29) is 47.4 Å². The molecule has 1 unspecified atom stereocenters. The molecule has 17 heteroatoms. The predicted octanol–water partition coefficient (Wildman–Crippen LogP) is 0.857. The van der Waals surface area contributed by atoms with E-state index >= 15 is 0 Å². The number of carbonyl (C=O) groups is 4. The molecule has 2 fully saturated rings. The summed E-state index contributed by atoms with van der Waals surface area (Å²) < 4.78 is 68.3. The average Bonchev–Trinajstić information content (AvgIpc) is 3.53. The van der Waals surface area contributed by atoms with E-state index in [9.17, 15) is 45.9 Å². The van der Waals surface area contributed by atoms with Gasteiger partial charge in [-0.1, -0.05) is 0 Å². The lowest BCUT2D eigenvalue weighted by Gasteiger charge is -2.34. The molecule has 0 aliphatic carbocycles. The van der Waals surface area contributed by atoms with Crippen molar-refractivity contribution in [3.05, 3.63) is 41.5 Å². The van der Waals surface area contributed by atoms with Gasteiger partial charge in [0.1, 0.15) is 11.7 Å². The first-order valence-corrected chi connectivity index (χ1v) is 13.1. The fourth-order valence-electron chi connectivity index (χ4n) is 5.10. The van der Waals surface area contributed by atoms with Crippen LogP contribution in [0.2, 0.25) is 0 Å². The molecule has 2 saturated heterocycles. The summed E-state index contributed by atoms with van der Waals surface area (Å²) in [6.45, 7) is 1.35. The van der Waals surface area contributed by atoms with Gasteiger partial charge in [0.25, 0.3) is 11.0 Å². The first kappa shape index (κ1) is 26.6. The number of likely N-dealkylation sites (tertiary alicyclic amines) is 1. The van der Waals surface area contributed by atoms with E-state index < -0.39 is 68.6 Å². The van der Waals surface area contributed by atoms with Gasteiger partial charge in [-0.3, -0.25) is 24.0 Å². The lowest BCUT2D eigenvalue weighted by atomic mass is 10.1. The summed E-state index contributed by atoms with van der Waals surface area (Å²) in [5.41, 5.74) is -0.584. The van der Waals surface area contributed by atoms with Crippen molar-refractivity contribution in [2.24, 2.45) is 0 Å². The number of anilines is 2. The first-order chi connectivity index (χ1) is 18.3. The van der Waals surface area contributed by atoms with Gasteiger partial charge in [0, 0.05) is 24.4 Å². The maximum Gasteiger partial charge on any atom is 0.322 e. The predicted molar refractivity (Wildman–Crippen MR) is 125 cm³/mol. The lowest BCUT2D eigenvalue weighted by molar-refractivity contribution is -0.144. The van der Waals surface area contributed by atoms with Crippen molar-refractivity contribution in [3.63, 3.8) is 0 Å². The van der Waals surface area contributed by atoms with Crippen molar-refractivity contribution >= 4 is 44.4 Å². The Labute approximate surface area is 218 Å². The number of sulfonamides is 1. The topological polar surface area (TPSA) is 162 Å². The number of urea groups is 1. The maximum absolute atomic E-state index is 13.6. The highest BCUT2D eigenvalue weighted by Gasteiger charge is 2.58. The van der Waals surface area contributed by atoms with Gasteiger partial charge in [-0.2, -0.15) is 17.8 Å². The van der Waals surface area contributed by atoms with Gasteiger partial charge in [0.05, 0.1) is 31.0 Å². The normalized spacial score (nSPS) is 24.8. The van der Waals surface area contributed by atoms with Crippen molar-refractivity contribution in [2.75, 3.05) is 16.2 Å². The van der Waals surface area contributed by atoms with Crippen LogP contribution in [0.5, 0.6) is 0 Å². The molecule has 0 radical (unpaired) electrons. The number of hydrogen-bond donors (Lipinski definition) is 2. The Morgan fingerprint density at radius 2 is 1.82 bits per heavy atom. The zero-order valence-corrected chi connectivity index (χ0v) is 21.0. The number of benzene rings is 1. The number of hydrogen-bond acceptors (Lipinski definition) is 8. The highest BCUT2D eigenvalue weighted by Crippen LogP contribution is 2.36. The van der Waals surface area contributed by atoms with E-state index in [1.807, 2.05) is 0 Å². The molecule has 2 N–H and O–H groups in total. The van der Waals surface area contributed by atoms with E-state index in [4.69, 9.17) is 0 Å². The summed E-state index contributed by atoms with van der Waals surface area (Å²) in [4.78, 5) is 53.0. The Morgan fingerprint density at radius 3 is 2.46 bits per heavy atom. The molecule has 1 aromatic carbocycles. The van der Waals surface area contributed by atoms with Crippen molar-refractivity contribution in [3.8, 4) is 0 Å². The third kappa shape index (κ3) is 4.21. The van der Waals surface area contributed by atoms with E-state index in [1.54, 1.807) is 6.92 Å². The van der Waals surface area contributed by atoms with E-state index in [0.29, 0.717) is 18.6 Å². The Morgan fingerprint density at radius 1 is 1.15 bits per heavy atom. The number of nitrogens with one attached hydrogen (secondary N) is 1. The molecule has 3 aliphatic heterocycles. The minimum atomic E-state index is -4.90. The number of carbonyl (C=O) groups excluding carboxylic acids is 3. The number of nitrogens with zero attached hydrogens (tertiary/aromatic N) is 5. The Kier molecular flexibility index (Phi) is 6.37. The molecule has 39 heavy (non-hydrogen) atoms. The van der Waals surface area contributed by atoms with Crippen LogP contribution in [-0.2, 0) is 37.5 Å². The van der Waals surface area contributed by atoms with Gasteiger partial charge in [-0.05, 0) is 19.8 Å². The third-order valence-corrected chi connectivity index (χ3v) is 8.58. The molecular formula is C22H21F3N6O7S. The molecule has 0 spiro atoms. The van der Waals surface area contributed by atoms with E-state index in [1.165, 1.54) is 9.58 Å². The molecule has 4 heterocycles. The molecule has 3 amide bonds. The fraction of sp³-hybridized carbons (Fsp3) is 0.409. The molecule has 13 nitrogen and oxygen atoms in total. The van der Waals surface area contributed by atoms with Gasteiger partial charge in [-0.15, -0.1) is 0 Å². The monoisotopic (exact) mass is 570 g/mol. The summed E-state index contributed by atoms with van der Waals surface area (Å²) >= 11 is 0. The summed E-state index contributed by atoms with van der Waals surface area (Å²) in [5, 5.41) is 14.4. The van der Waals surface area contributed by atoms with Gasteiger partial charge in [0.2, 0.25) is 0 Å². The van der Waals surface area contributed by atoms with Gasteiger partial charge in [-0.25, -0.2) is 18.0 Å². The molecule has 2 aromatic rings. The quantitative estimate of drug-likeness (QED) is 0.401. The molecule has 208 valence electrons. The molecule has 0 saturated carbocycles. The number of aromatic nitrogens is 2. The third-order valence-electron chi connectivity index (χ3n) is 6.99. The SMILES string of the molecule is C[C@H]1Cn2ncc(N3C(=O)C(N4CCC[C@H]4C(=O)O)C(=O)S3(=O)=O)c2CN1C(=O)Nc1cc(F)c(F)c(F)c1. The number of carboxylic acid groups (broad SMARTS) is 1. The minimum Gasteiger partial charge on any atom is -0.480 e. The van der Waals surface area contributed by atoms with Gasteiger partial charge >= 0.3 is 22.0 Å². The number of carboxylic acids is 1. The largest absolute Gasteiger partial charge is 0.480 e. The number of fused-ring (bicyclic) bond motifs is 1. The highest BCUT2D eigenvalue weighted by molar-refractivity contribution is 8.09. The number of halogens is 3. The van der Waals surface area contributed by atoms with Crippen LogP contribution in [-0.4, -0.2) is 80.8 Å². The van der Waals surface area contributed by atoms with E-state index in [2.05, 4.69) is 10.4 Å². The summed E-state index contributed by atoms with van der Waals surface area (Å²) in [5.74, 6) is -7.19. The van der Waals surface area contributed by atoms with Crippen LogP contribution in [0, 0.1) is 17.5 Å². The van der Waals surface area contributed by atoms with Crippen LogP contribution in [0.1, 0.15) is 25.5 Å². The second-order valence-electron chi connectivity index (χ2n) is 9.38. The second-order valence-corrected chi connectivity index (χ2v) is 11.1. The average molecular weight is 571 g/mol. The van der Waals surface area contributed by atoms with Crippen LogP contribution < -0.4 is 9.62 Å². The Hall–Kier alpha value is -3.99. The number of aliphatic carboxylic acids is 1. The first-order valence-electron chi connectivity index (χ1n) is 11.7. The van der Waals surface area contributed by atoms with Crippen LogP contribution >= 0.6 is 0 Å². The van der Waals surface area contributed by atoms with Crippen molar-refractivity contribution < 1.29 is 45.9 Å². The van der Waals surface area contributed by atoms with Crippen LogP contribution in [0.15, 0.2) is 18.3 Å². The zero-order valence-electron chi connectivity index (χ0n) is 20.2. The summed E-state index contributed by atoms with van der Waals surface area (Å²) in [6.07, 6.45) is 1.54. The summed E-state index contributed by atoms with van der Waals surface area (Å²) in [7, 11) is -4.90. The van der Waals surface area contributed by atoms with Gasteiger partial charge < -0.3 is 15.3 Å². The molecule has 5 rings (SSSR count). The van der Waals surface area contributed by atoms with Crippen molar-refractivity contribution in [2.45, 2.75) is 51.0 Å². The maximum atomic E-state index is 13.6. The molecule has 1 aromatic heterocycles. The Balaban J connectivity index is 1.44. The molecule has 0 bridgehead atoms. The van der Waals surface area contributed by atoms with Crippen LogP contribution in [0.4, 0.5) is 29.3 Å². The fourth-order valence-corrected chi connectivity index (χ4v) is 6.55. The number of rotatable bonds is 4. The Bertz CT molecular complexity index is 1510.